The van der Waals surface area contributed by atoms with Crippen molar-refractivity contribution in [2.45, 2.75) is 0 Å². The first-order valence-electron chi connectivity index (χ1n) is 12.4. The van der Waals surface area contributed by atoms with Crippen molar-refractivity contribution in [1.29, 1.82) is 0 Å². The molecule has 0 unspecified atom stereocenters. The molecule has 7 aromatic rings. The van der Waals surface area contributed by atoms with Crippen molar-refractivity contribution >= 4 is 33.7 Å². The fraction of sp³-hybridized carbons (Fsp3) is 0. The standard InChI is InChI=1S/C30H19FN8O/c31-24-14-25-23(13-22(24)19-12-20(16-33-15-19)35-30(40)18-4-2-1-3-5-18)27(39-38-25)29-36-26-21(8-11-34-28(26)37-29)17-6-9-32-10-7-17/h1-16H,(H,35,40)(H,38,39)(H,34,36,37). The number of hydrogen-bond acceptors (Lipinski definition) is 6. The van der Waals surface area contributed by atoms with Gasteiger partial charge in [0.1, 0.15) is 17.0 Å². The second-order valence-corrected chi connectivity index (χ2v) is 9.11. The molecule has 0 bridgehead atoms. The highest BCUT2D eigenvalue weighted by Gasteiger charge is 2.18. The minimum atomic E-state index is -0.456. The van der Waals surface area contributed by atoms with Gasteiger partial charge in [-0.2, -0.15) is 5.10 Å². The summed E-state index contributed by atoms with van der Waals surface area (Å²) in [6.45, 7) is 0. The summed E-state index contributed by atoms with van der Waals surface area (Å²) in [4.78, 5) is 33.4. The maximum absolute atomic E-state index is 15.3. The SMILES string of the molecule is O=C(Nc1cncc(-c2cc3c(-c4nc5c(-c6ccncc6)ccnc5[nH]4)n[nH]c3cc2F)c1)c1ccccc1. The molecule has 7 rings (SSSR count). The van der Waals surface area contributed by atoms with E-state index < -0.39 is 5.82 Å². The molecule has 0 atom stereocenters. The molecule has 0 aliphatic carbocycles. The van der Waals surface area contributed by atoms with Gasteiger partial charge in [0.05, 0.1) is 17.4 Å². The zero-order valence-corrected chi connectivity index (χ0v) is 20.8. The van der Waals surface area contributed by atoms with E-state index in [2.05, 4.69) is 35.5 Å². The number of aromatic nitrogens is 7. The number of imidazole rings is 1. The summed E-state index contributed by atoms with van der Waals surface area (Å²) in [6, 6.07) is 19.3. The van der Waals surface area contributed by atoms with Crippen LogP contribution in [0.15, 0.2) is 97.7 Å². The Labute approximate surface area is 226 Å². The highest BCUT2D eigenvalue weighted by atomic mass is 19.1. The summed E-state index contributed by atoms with van der Waals surface area (Å²) in [6.07, 6.45) is 8.24. The second kappa shape index (κ2) is 9.52. The van der Waals surface area contributed by atoms with Crippen molar-refractivity contribution < 1.29 is 9.18 Å². The Balaban J connectivity index is 1.28. The summed E-state index contributed by atoms with van der Waals surface area (Å²) >= 11 is 0. The van der Waals surface area contributed by atoms with Crippen LogP contribution in [0.1, 0.15) is 10.4 Å². The number of aromatic amines is 2. The predicted molar refractivity (Wildman–Crippen MR) is 150 cm³/mol. The van der Waals surface area contributed by atoms with Crippen molar-refractivity contribution in [2.75, 3.05) is 5.32 Å². The number of benzene rings is 2. The van der Waals surface area contributed by atoms with Gasteiger partial charge in [0.2, 0.25) is 0 Å². The number of carbonyl (C=O) groups is 1. The molecule has 2 aromatic carbocycles. The Morgan fingerprint density at radius 3 is 2.55 bits per heavy atom. The van der Waals surface area contributed by atoms with Crippen molar-refractivity contribution in [2.24, 2.45) is 0 Å². The Bertz CT molecular complexity index is 2020. The third kappa shape index (κ3) is 4.13. The van der Waals surface area contributed by atoms with Crippen LogP contribution in [0, 0.1) is 5.82 Å². The lowest BCUT2D eigenvalue weighted by Gasteiger charge is -2.08. The van der Waals surface area contributed by atoms with Crippen LogP contribution in [0.2, 0.25) is 0 Å². The van der Waals surface area contributed by atoms with E-state index in [1.54, 1.807) is 61.2 Å². The molecule has 9 nitrogen and oxygen atoms in total. The lowest BCUT2D eigenvalue weighted by Crippen LogP contribution is -2.11. The smallest absolute Gasteiger partial charge is 0.255 e. The summed E-state index contributed by atoms with van der Waals surface area (Å²) in [5.41, 5.74) is 5.97. The van der Waals surface area contributed by atoms with Gasteiger partial charge in [-0.25, -0.2) is 14.4 Å². The van der Waals surface area contributed by atoms with Gasteiger partial charge in [-0.15, -0.1) is 0 Å². The van der Waals surface area contributed by atoms with Gasteiger partial charge >= 0.3 is 0 Å². The molecule has 3 N–H and O–H groups in total. The van der Waals surface area contributed by atoms with Crippen LogP contribution in [0.4, 0.5) is 10.1 Å². The largest absolute Gasteiger partial charge is 0.321 e. The highest BCUT2D eigenvalue weighted by Crippen LogP contribution is 2.34. The molecule has 192 valence electrons. The van der Waals surface area contributed by atoms with Crippen LogP contribution in [-0.4, -0.2) is 41.0 Å². The molecule has 0 radical (unpaired) electrons. The lowest BCUT2D eigenvalue weighted by molar-refractivity contribution is 0.102. The van der Waals surface area contributed by atoms with E-state index >= 15 is 4.39 Å². The van der Waals surface area contributed by atoms with Gasteiger partial charge in [0.25, 0.3) is 5.91 Å². The fourth-order valence-electron chi connectivity index (χ4n) is 4.68. The third-order valence-corrected chi connectivity index (χ3v) is 6.59. The second-order valence-electron chi connectivity index (χ2n) is 9.11. The number of nitrogens with zero attached hydrogens (tertiary/aromatic N) is 5. The first kappa shape index (κ1) is 23.4. The molecule has 0 spiro atoms. The number of hydrogen-bond donors (Lipinski definition) is 3. The zero-order valence-electron chi connectivity index (χ0n) is 20.8. The number of rotatable bonds is 5. The lowest BCUT2D eigenvalue weighted by atomic mass is 10.0. The Morgan fingerprint density at radius 2 is 1.70 bits per heavy atom. The average molecular weight is 527 g/mol. The van der Waals surface area contributed by atoms with E-state index in [1.165, 1.54) is 12.3 Å². The summed E-state index contributed by atoms with van der Waals surface area (Å²) in [5.74, 6) is -0.241. The van der Waals surface area contributed by atoms with Crippen LogP contribution < -0.4 is 5.32 Å². The van der Waals surface area contributed by atoms with Gasteiger partial charge in [-0.3, -0.25) is 19.9 Å². The Hall–Kier alpha value is -5.77. The number of anilines is 1. The molecule has 10 heteroatoms. The quantitative estimate of drug-likeness (QED) is 0.252. The first-order valence-corrected chi connectivity index (χ1v) is 12.4. The van der Waals surface area contributed by atoms with Gasteiger partial charge in [-0.05, 0) is 48.0 Å². The molecule has 5 aromatic heterocycles. The van der Waals surface area contributed by atoms with Crippen molar-refractivity contribution in [1.82, 2.24) is 35.1 Å². The normalized spacial score (nSPS) is 11.2. The molecule has 0 aliphatic rings. The number of carbonyl (C=O) groups excluding carboxylic acids is 1. The summed E-state index contributed by atoms with van der Waals surface area (Å²) in [5, 5.41) is 10.8. The zero-order chi connectivity index (χ0) is 27.1. The van der Waals surface area contributed by atoms with E-state index in [9.17, 15) is 4.79 Å². The minimum Gasteiger partial charge on any atom is -0.321 e. The van der Waals surface area contributed by atoms with E-state index in [4.69, 9.17) is 4.98 Å². The molecule has 0 saturated carbocycles. The molecule has 0 aliphatic heterocycles. The molecule has 0 saturated heterocycles. The van der Waals surface area contributed by atoms with Crippen LogP contribution in [0.3, 0.4) is 0 Å². The van der Waals surface area contributed by atoms with Crippen LogP contribution in [-0.2, 0) is 0 Å². The third-order valence-electron chi connectivity index (χ3n) is 6.59. The minimum absolute atomic E-state index is 0.280. The average Bonchev–Trinajstić information content (AvgIpc) is 3.61. The van der Waals surface area contributed by atoms with Crippen LogP contribution in [0.25, 0.3) is 55.8 Å². The predicted octanol–water partition coefficient (Wildman–Crippen LogP) is 6.02. The first-order chi connectivity index (χ1) is 19.6. The fourth-order valence-corrected chi connectivity index (χ4v) is 4.68. The van der Waals surface area contributed by atoms with Crippen molar-refractivity contribution in [3.05, 3.63) is 109 Å². The van der Waals surface area contributed by atoms with Gasteiger partial charge in [0.15, 0.2) is 11.5 Å². The van der Waals surface area contributed by atoms with E-state index in [1.807, 2.05) is 24.3 Å². The van der Waals surface area contributed by atoms with Gasteiger partial charge < -0.3 is 10.3 Å². The topological polar surface area (TPSA) is 125 Å². The molecular weight excluding hydrogens is 507 g/mol. The highest BCUT2D eigenvalue weighted by molar-refractivity contribution is 6.04. The monoisotopic (exact) mass is 526 g/mol. The number of pyridine rings is 3. The molecular formula is C30H19FN8O. The van der Waals surface area contributed by atoms with Crippen LogP contribution in [0.5, 0.6) is 0 Å². The molecule has 40 heavy (non-hydrogen) atoms. The maximum atomic E-state index is 15.3. The van der Waals surface area contributed by atoms with Crippen LogP contribution >= 0.6 is 0 Å². The van der Waals surface area contributed by atoms with E-state index in [-0.39, 0.29) is 5.91 Å². The number of nitrogens with one attached hydrogen (secondary N) is 3. The summed E-state index contributed by atoms with van der Waals surface area (Å²) < 4.78 is 15.3. The molecule has 1 amide bonds. The Kier molecular flexibility index (Phi) is 5.56. The Morgan fingerprint density at radius 1 is 0.850 bits per heavy atom. The van der Waals surface area contributed by atoms with E-state index in [0.29, 0.717) is 56.0 Å². The van der Waals surface area contributed by atoms with Crippen molar-refractivity contribution in [3.63, 3.8) is 0 Å². The van der Waals surface area contributed by atoms with Gasteiger partial charge in [0, 0.05) is 58.5 Å². The summed E-state index contributed by atoms with van der Waals surface area (Å²) in [7, 11) is 0. The van der Waals surface area contributed by atoms with E-state index in [0.717, 1.165) is 11.1 Å². The molecule has 5 heterocycles. The number of fused-ring (bicyclic) bond motifs is 2. The molecule has 0 fully saturated rings. The van der Waals surface area contributed by atoms with Gasteiger partial charge in [-0.1, -0.05) is 18.2 Å². The van der Waals surface area contributed by atoms with Crippen molar-refractivity contribution in [3.8, 4) is 33.8 Å². The number of H-pyrrole nitrogens is 2. The number of amides is 1. The maximum Gasteiger partial charge on any atom is 0.255 e. The number of halogens is 1.